The summed E-state index contributed by atoms with van der Waals surface area (Å²) in [6.45, 7) is 0.837. The highest BCUT2D eigenvalue weighted by atomic mass is 16.5. The third-order valence-corrected chi connectivity index (χ3v) is 8.67. The van der Waals surface area contributed by atoms with Crippen molar-refractivity contribution >= 4 is 0 Å². The third kappa shape index (κ3) is 4.16. The van der Waals surface area contributed by atoms with Gasteiger partial charge in [0.1, 0.15) is 5.75 Å². The molecular formula is C31H36N2O. The molecule has 3 aromatic carbocycles. The molecule has 2 aliphatic carbocycles. The standard InChI is InChI=1S/C31H36N2O/c1-34-27-18-9-8-15-23(27)20-32-30-29-25-17-10-16-24(19-26(25)29)33-31(30)28(21-11-4-2-5-12-21)22-13-6-3-7-14-22/h2-9,11-15,18,24-26,28-33H,10,16-17,19-20H2,1H3/t24?,25?,26?,29?,30?,31-/m1/s1. The first-order valence-electron chi connectivity index (χ1n) is 13.0. The molecule has 5 unspecified atom stereocenters. The molecule has 3 aliphatic rings. The number of benzene rings is 3. The van der Waals surface area contributed by atoms with Crippen LogP contribution < -0.4 is 15.4 Å². The molecule has 1 aliphatic heterocycles. The molecule has 1 saturated heterocycles. The smallest absolute Gasteiger partial charge is 0.123 e. The molecule has 3 fully saturated rings. The van der Waals surface area contributed by atoms with Crippen molar-refractivity contribution in [2.75, 3.05) is 7.11 Å². The molecular weight excluding hydrogens is 416 g/mol. The Hall–Kier alpha value is -2.62. The van der Waals surface area contributed by atoms with Crippen LogP contribution in [0.2, 0.25) is 0 Å². The molecule has 0 amide bonds. The quantitative estimate of drug-likeness (QED) is 0.478. The lowest BCUT2D eigenvalue weighted by molar-refractivity contribution is 0.296. The summed E-state index contributed by atoms with van der Waals surface area (Å²) in [5.74, 6) is 3.80. The maximum absolute atomic E-state index is 5.67. The van der Waals surface area contributed by atoms with Gasteiger partial charge in [-0.2, -0.15) is 0 Å². The first-order chi connectivity index (χ1) is 16.8. The molecule has 0 radical (unpaired) electrons. The van der Waals surface area contributed by atoms with Crippen molar-refractivity contribution in [3.63, 3.8) is 0 Å². The van der Waals surface area contributed by atoms with E-state index >= 15 is 0 Å². The normalized spacial score (nSPS) is 29.8. The summed E-state index contributed by atoms with van der Waals surface area (Å²) in [5.41, 5.74) is 4.05. The number of ether oxygens (including phenoxy) is 1. The van der Waals surface area contributed by atoms with Crippen molar-refractivity contribution in [1.82, 2.24) is 10.6 Å². The van der Waals surface area contributed by atoms with E-state index in [4.69, 9.17) is 4.74 Å². The van der Waals surface area contributed by atoms with Crippen LogP contribution in [0.3, 0.4) is 0 Å². The number of methoxy groups -OCH3 is 1. The number of para-hydroxylation sites is 1. The van der Waals surface area contributed by atoms with Crippen molar-refractivity contribution < 1.29 is 4.74 Å². The maximum atomic E-state index is 5.67. The number of fused-ring (bicyclic) bond motifs is 2. The van der Waals surface area contributed by atoms with Crippen molar-refractivity contribution in [1.29, 1.82) is 0 Å². The second-order valence-corrected chi connectivity index (χ2v) is 10.5. The van der Waals surface area contributed by atoms with Crippen molar-refractivity contribution in [3.8, 4) is 5.75 Å². The van der Waals surface area contributed by atoms with Gasteiger partial charge in [0.25, 0.3) is 0 Å². The molecule has 1 heterocycles. The molecule has 2 saturated carbocycles. The van der Waals surface area contributed by atoms with E-state index in [0.29, 0.717) is 24.0 Å². The molecule has 0 aromatic heterocycles. The lowest BCUT2D eigenvalue weighted by atomic mass is 9.80. The molecule has 3 heteroatoms. The average molecular weight is 453 g/mol. The van der Waals surface area contributed by atoms with Crippen LogP contribution in [-0.2, 0) is 6.54 Å². The summed E-state index contributed by atoms with van der Waals surface area (Å²) in [6.07, 6.45) is 5.41. The predicted octanol–water partition coefficient (Wildman–Crippen LogP) is 5.76. The van der Waals surface area contributed by atoms with E-state index in [1.165, 1.54) is 42.4 Å². The molecule has 3 aromatic rings. The number of nitrogens with one attached hydrogen (secondary N) is 2. The largest absolute Gasteiger partial charge is 0.496 e. The van der Waals surface area contributed by atoms with Crippen LogP contribution in [0.25, 0.3) is 0 Å². The summed E-state index contributed by atoms with van der Waals surface area (Å²) in [6, 6.07) is 32.1. The van der Waals surface area contributed by atoms with Crippen LogP contribution in [-0.4, -0.2) is 25.2 Å². The van der Waals surface area contributed by atoms with Crippen LogP contribution >= 0.6 is 0 Å². The van der Waals surface area contributed by atoms with Gasteiger partial charge in [0.15, 0.2) is 0 Å². The summed E-state index contributed by atoms with van der Waals surface area (Å²) in [7, 11) is 1.77. The van der Waals surface area contributed by atoms with E-state index in [0.717, 1.165) is 30.0 Å². The summed E-state index contributed by atoms with van der Waals surface area (Å²) in [4.78, 5) is 0. The Labute approximate surface area is 203 Å². The van der Waals surface area contributed by atoms with Gasteiger partial charge in [-0.1, -0.05) is 85.3 Å². The minimum Gasteiger partial charge on any atom is -0.496 e. The van der Waals surface area contributed by atoms with Gasteiger partial charge in [-0.25, -0.2) is 0 Å². The molecule has 176 valence electrons. The van der Waals surface area contributed by atoms with Gasteiger partial charge in [0.05, 0.1) is 7.11 Å². The maximum Gasteiger partial charge on any atom is 0.123 e. The zero-order valence-electron chi connectivity index (χ0n) is 20.1. The third-order valence-electron chi connectivity index (χ3n) is 8.67. The van der Waals surface area contributed by atoms with Gasteiger partial charge < -0.3 is 15.4 Å². The topological polar surface area (TPSA) is 33.3 Å². The Balaban J connectivity index is 1.39. The average Bonchev–Trinajstić information content (AvgIpc) is 3.61. The zero-order chi connectivity index (χ0) is 22.9. The highest BCUT2D eigenvalue weighted by Crippen LogP contribution is 2.59. The molecule has 6 rings (SSSR count). The van der Waals surface area contributed by atoms with Gasteiger partial charge in [-0.15, -0.1) is 0 Å². The van der Waals surface area contributed by atoms with E-state index in [9.17, 15) is 0 Å². The summed E-state index contributed by atoms with van der Waals surface area (Å²) >= 11 is 0. The Bertz CT molecular complexity index is 1050. The van der Waals surface area contributed by atoms with Gasteiger partial charge in [0, 0.05) is 36.2 Å². The van der Waals surface area contributed by atoms with Crippen LogP contribution in [0.1, 0.15) is 48.3 Å². The van der Waals surface area contributed by atoms with Gasteiger partial charge in [-0.05, 0) is 54.2 Å². The fourth-order valence-corrected chi connectivity index (χ4v) is 7.13. The lowest BCUT2D eigenvalue weighted by Crippen LogP contribution is -2.54. The zero-order valence-corrected chi connectivity index (χ0v) is 20.1. The van der Waals surface area contributed by atoms with Gasteiger partial charge >= 0.3 is 0 Å². The highest BCUT2D eigenvalue weighted by Gasteiger charge is 2.59. The van der Waals surface area contributed by atoms with E-state index < -0.39 is 0 Å². The van der Waals surface area contributed by atoms with Crippen LogP contribution in [0.4, 0.5) is 0 Å². The Kier molecular flexibility index (Phi) is 6.15. The molecule has 6 atom stereocenters. The number of hydrogen-bond acceptors (Lipinski definition) is 3. The van der Waals surface area contributed by atoms with Crippen molar-refractivity contribution in [2.45, 2.75) is 56.3 Å². The summed E-state index contributed by atoms with van der Waals surface area (Å²) in [5, 5.41) is 8.31. The SMILES string of the molecule is COc1ccccc1CNC1C2C3CCCC(CC32)N[C@@H]1C(c1ccccc1)c1ccccc1. The van der Waals surface area contributed by atoms with E-state index in [1.54, 1.807) is 7.11 Å². The molecule has 2 N–H and O–H groups in total. The Morgan fingerprint density at radius 2 is 1.53 bits per heavy atom. The molecule has 3 nitrogen and oxygen atoms in total. The summed E-state index contributed by atoms with van der Waals surface area (Å²) < 4.78 is 5.67. The fraction of sp³-hybridized carbons (Fsp3) is 0.419. The number of rotatable bonds is 7. The van der Waals surface area contributed by atoms with E-state index in [1.807, 2.05) is 0 Å². The van der Waals surface area contributed by atoms with E-state index in [2.05, 4.69) is 95.6 Å². The van der Waals surface area contributed by atoms with Crippen LogP contribution in [0, 0.1) is 17.8 Å². The van der Waals surface area contributed by atoms with Crippen LogP contribution in [0.5, 0.6) is 5.75 Å². The fourth-order valence-electron chi connectivity index (χ4n) is 7.13. The van der Waals surface area contributed by atoms with Gasteiger partial charge in [-0.3, -0.25) is 0 Å². The van der Waals surface area contributed by atoms with Crippen molar-refractivity contribution in [3.05, 3.63) is 102 Å². The van der Waals surface area contributed by atoms with Gasteiger partial charge in [0.2, 0.25) is 0 Å². The Morgan fingerprint density at radius 3 is 2.24 bits per heavy atom. The van der Waals surface area contributed by atoms with Crippen LogP contribution in [0.15, 0.2) is 84.9 Å². The second kappa shape index (κ2) is 9.56. The molecule has 0 spiro atoms. The first-order valence-corrected chi connectivity index (χ1v) is 13.0. The lowest BCUT2D eigenvalue weighted by Gasteiger charge is -2.37. The minimum atomic E-state index is 0.318. The Morgan fingerprint density at radius 1 is 0.853 bits per heavy atom. The predicted molar refractivity (Wildman–Crippen MR) is 138 cm³/mol. The second-order valence-electron chi connectivity index (χ2n) is 10.5. The molecule has 2 bridgehead atoms. The van der Waals surface area contributed by atoms with E-state index in [-0.39, 0.29) is 0 Å². The first kappa shape index (κ1) is 21.9. The highest BCUT2D eigenvalue weighted by molar-refractivity contribution is 5.37. The molecule has 34 heavy (non-hydrogen) atoms. The van der Waals surface area contributed by atoms with Crippen molar-refractivity contribution in [2.24, 2.45) is 17.8 Å². The number of hydrogen-bond donors (Lipinski definition) is 2. The monoisotopic (exact) mass is 452 g/mol. The minimum absolute atomic E-state index is 0.318.